The third-order valence-electron chi connectivity index (χ3n) is 14.0. The Hall–Kier alpha value is -1.91. The van der Waals surface area contributed by atoms with Crippen LogP contribution in [0.5, 0.6) is 0 Å². The average molecular weight is 705 g/mol. The van der Waals surface area contributed by atoms with Gasteiger partial charge in [-0.25, -0.2) is 0 Å². The van der Waals surface area contributed by atoms with Gasteiger partial charge in [-0.3, -0.25) is 4.79 Å². The molecule has 0 heterocycles. The molecular formula is C47H76O4. The van der Waals surface area contributed by atoms with E-state index in [1.165, 1.54) is 51.4 Å². The van der Waals surface area contributed by atoms with E-state index in [0.717, 1.165) is 80.5 Å². The van der Waals surface area contributed by atoms with Crippen LogP contribution in [0.2, 0.25) is 0 Å². The standard InChI is InChI=1S/C47H76O4/c1-7-8-9-10-11-12-13-14-15-16-17-18-23-43(48)44(49)24-20-25-45(50)51-38-30-32-46(5)37(34-38)26-27-39-41-29-28-40(36(4)22-19-21-35(2)3)47(41,6)33-31-42(39)46/h8-9,11-12,14-15,17-18,26,35-36,38-44,48-49H,7,10,13,16,19-25,27-34H2,1-6H3/b9-8-,12-11-,15-14-,18-17-/t36-,38+,39+,40-,41+,42+,43+,44+,46+,47-/m1/s1. The van der Waals surface area contributed by atoms with Gasteiger partial charge in [-0.05, 0) is 136 Å². The molecule has 0 radical (unpaired) electrons. The van der Waals surface area contributed by atoms with Gasteiger partial charge in [0.05, 0.1) is 12.2 Å². The summed E-state index contributed by atoms with van der Waals surface area (Å²) >= 11 is 0. The van der Waals surface area contributed by atoms with Crippen molar-refractivity contribution in [2.75, 3.05) is 0 Å². The number of fused-ring (bicyclic) bond motifs is 5. The number of aliphatic hydroxyl groups is 2. The van der Waals surface area contributed by atoms with E-state index in [-0.39, 0.29) is 17.5 Å². The molecule has 0 aromatic carbocycles. The number of allylic oxidation sites excluding steroid dienone is 8. The van der Waals surface area contributed by atoms with Gasteiger partial charge in [-0.1, -0.05) is 121 Å². The quantitative estimate of drug-likeness (QED) is 0.0978. The highest BCUT2D eigenvalue weighted by atomic mass is 16.5. The Kier molecular flexibility index (Phi) is 16.8. The van der Waals surface area contributed by atoms with Crippen LogP contribution < -0.4 is 0 Å². The van der Waals surface area contributed by atoms with E-state index >= 15 is 0 Å². The van der Waals surface area contributed by atoms with E-state index < -0.39 is 12.2 Å². The molecule has 4 aliphatic rings. The fraction of sp³-hybridized carbons (Fsp3) is 0.766. The molecule has 4 rings (SSSR count). The van der Waals surface area contributed by atoms with Gasteiger partial charge in [0.2, 0.25) is 0 Å². The third-order valence-corrected chi connectivity index (χ3v) is 14.0. The SMILES string of the molecule is CC/C=C\C/C=C\C/C=C\C/C=C\C[C@H](O)[C@@H](O)CCCC(=O)O[C@H]1CC[C@@]2(C)C(=CC[C@H]3[C@@H]4CC[C@H]([C@H](C)CCCC(C)C)[C@@]4(C)CC[C@@H]32)C1. The molecule has 0 unspecified atom stereocenters. The normalized spacial score (nSPS) is 32.7. The Morgan fingerprint density at radius 3 is 2.20 bits per heavy atom. The van der Waals surface area contributed by atoms with E-state index in [9.17, 15) is 15.0 Å². The number of rotatable bonds is 20. The molecule has 0 aromatic rings. The average Bonchev–Trinajstić information content (AvgIpc) is 3.46. The monoisotopic (exact) mass is 705 g/mol. The van der Waals surface area contributed by atoms with Crippen molar-refractivity contribution in [1.82, 2.24) is 0 Å². The van der Waals surface area contributed by atoms with Crippen molar-refractivity contribution in [2.24, 2.45) is 46.3 Å². The molecule has 51 heavy (non-hydrogen) atoms. The van der Waals surface area contributed by atoms with Gasteiger partial charge < -0.3 is 14.9 Å². The number of carbonyl (C=O) groups is 1. The first-order valence-corrected chi connectivity index (χ1v) is 21.3. The minimum absolute atomic E-state index is 0.0292. The second-order valence-electron chi connectivity index (χ2n) is 17.9. The zero-order valence-electron chi connectivity index (χ0n) is 33.5. The minimum Gasteiger partial charge on any atom is -0.462 e. The molecule has 0 bridgehead atoms. The molecule has 2 N–H and O–H groups in total. The molecule has 0 aliphatic heterocycles. The van der Waals surface area contributed by atoms with Crippen molar-refractivity contribution in [2.45, 2.75) is 182 Å². The number of esters is 1. The smallest absolute Gasteiger partial charge is 0.306 e. The molecule has 0 saturated heterocycles. The summed E-state index contributed by atoms with van der Waals surface area (Å²) in [5.41, 5.74) is 2.32. The summed E-state index contributed by atoms with van der Waals surface area (Å²) < 4.78 is 6.04. The maximum Gasteiger partial charge on any atom is 0.306 e. The number of carbonyl (C=O) groups excluding carboxylic acids is 1. The van der Waals surface area contributed by atoms with Crippen molar-refractivity contribution in [1.29, 1.82) is 0 Å². The Balaban J connectivity index is 1.15. The van der Waals surface area contributed by atoms with E-state index in [1.807, 2.05) is 12.2 Å². The first kappa shape index (κ1) is 41.8. The predicted octanol–water partition coefficient (Wildman–Crippen LogP) is 12.0. The molecule has 3 saturated carbocycles. The summed E-state index contributed by atoms with van der Waals surface area (Å²) in [4.78, 5) is 12.9. The summed E-state index contributed by atoms with van der Waals surface area (Å²) in [5.74, 6) is 4.83. The molecule has 4 heteroatoms. The van der Waals surface area contributed by atoms with E-state index in [2.05, 4.69) is 84.1 Å². The molecule has 10 atom stereocenters. The fourth-order valence-electron chi connectivity index (χ4n) is 11.0. The maximum atomic E-state index is 12.9. The lowest BCUT2D eigenvalue weighted by Gasteiger charge is -2.58. The Morgan fingerprint density at radius 2 is 1.51 bits per heavy atom. The van der Waals surface area contributed by atoms with Crippen LogP contribution in [0.1, 0.15) is 164 Å². The Labute approximate surface area is 313 Å². The Bertz CT molecular complexity index is 1210. The second kappa shape index (κ2) is 20.5. The number of ether oxygens (including phenoxy) is 1. The van der Waals surface area contributed by atoms with Gasteiger partial charge in [-0.2, -0.15) is 0 Å². The van der Waals surface area contributed by atoms with Crippen LogP contribution in [0, 0.1) is 46.3 Å². The summed E-state index contributed by atoms with van der Waals surface area (Å²) in [6.07, 6.45) is 37.3. The zero-order valence-corrected chi connectivity index (χ0v) is 33.5. The largest absolute Gasteiger partial charge is 0.462 e. The van der Waals surface area contributed by atoms with E-state index in [1.54, 1.807) is 5.57 Å². The highest BCUT2D eigenvalue weighted by Crippen LogP contribution is 2.67. The lowest BCUT2D eigenvalue weighted by atomic mass is 9.47. The van der Waals surface area contributed by atoms with Gasteiger partial charge >= 0.3 is 5.97 Å². The van der Waals surface area contributed by atoms with Crippen LogP contribution in [-0.4, -0.2) is 34.5 Å². The molecular weight excluding hydrogens is 629 g/mol. The molecule has 0 aromatic heterocycles. The third kappa shape index (κ3) is 11.5. The van der Waals surface area contributed by atoms with Gasteiger partial charge in [0, 0.05) is 12.8 Å². The van der Waals surface area contributed by atoms with Crippen LogP contribution in [-0.2, 0) is 9.53 Å². The van der Waals surface area contributed by atoms with Gasteiger partial charge in [0.1, 0.15) is 6.10 Å². The van der Waals surface area contributed by atoms with Crippen LogP contribution in [0.15, 0.2) is 60.3 Å². The summed E-state index contributed by atoms with van der Waals surface area (Å²) in [6, 6.07) is 0. The number of hydrogen-bond donors (Lipinski definition) is 2. The lowest BCUT2D eigenvalue weighted by molar-refractivity contribution is -0.151. The van der Waals surface area contributed by atoms with Gasteiger partial charge in [0.15, 0.2) is 0 Å². The van der Waals surface area contributed by atoms with Crippen LogP contribution in [0.25, 0.3) is 0 Å². The molecule has 4 nitrogen and oxygen atoms in total. The van der Waals surface area contributed by atoms with Crippen LogP contribution >= 0.6 is 0 Å². The summed E-state index contributed by atoms with van der Waals surface area (Å²) in [6.45, 7) is 14.6. The van der Waals surface area contributed by atoms with Crippen molar-refractivity contribution in [3.05, 3.63) is 60.3 Å². The fourth-order valence-corrected chi connectivity index (χ4v) is 11.0. The van der Waals surface area contributed by atoms with E-state index in [0.29, 0.717) is 31.1 Å². The van der Waals surface area contributed by atoms with Crippen molar-refractivity contribution in [3.63, 3.8) is 0 Å². The van der Waals surface area contributed by atoms with E-state index in [4.69, 9.17) is 4.74 Å². The Morgan fingerprint density at radius 1 is 0.824 bits per heavy atom. The highest BCUT2D eigenvalue weighted by Gasteiger charge is 2.59. The van der Waals surface area contributed by atoms with Crippen molar-refractivity contribution in [3.8, 4) is 0 Å². The number of aliphatic hydroxyl groups excluding tert-OH is 2. The first-order valence-electron chi connectivity index (χ1n) is 21.3. The van der Waals surface area contributed by atoms with Gasteiger partial charge in [0.25, 0.3) is 0 Å². The first-order chi connectivity index (χ1) is 24.5. The zero-order chi connectivity index (χ0) is 36.9. The summed E-state index contributed by atoms with van der Waals surface area (Å²) in [5, 5.41) is 20.9. The predicted molar refractivity (Wildman–Crippen MR) is 214 cm³/mol. The molecule has 3 fully saturated rings. The summed E-state index contributed by atoms with van der Waals surface area (Å²) in [7, 11) is 0. The molecule has 0 amide bonds. The topological polar surface area (TPSA) is 66.8 Å². The molecule has 288 valence electrons. The van der Waals surface area contributed by atoms with Crippen LogP contribution in [0.4, 0.5) is 0 Å². The highest BCUT2D eigenvalue weighted by molar-refractivity contribution is 5.69. The second-order valence-corrected chi connectivity index (χ2v) is 17.9. The van der Waals surface area contributed by atoms with Crippen molar-refractivity contribution >= 4 is 5.97 Å². The lowest BCUT2D eigenvalue weighted by Crippen LogP contribution is -2.51. The molecule has 4 aliphatic carbocycles. The maximum absolute atomic E-state index is 12.9. The van der Waals surface area contributed by atoms with Crippen LogP contribution in [0.3, 0.4) is 0 Å². The number of hydrogen-bond acceptors (Lipinski definition) is 4. The minimum atomic E-state index is -0.832. The van der Waals surface area contributed by atoms with Gasteiger partial charge in [-0.15, -0.1) is 0 Å². The molecule has 0 spiro atoms. The van der Waals surface area contributed by atoms with Crippen molar-refractivity contribution < 1.29 is 19.7 Å².